The predicted octanol–water partition coefficient (Wildman–Crippen LogP) is 0.177. The molecule has 0 radical (unpaired) electrons. The Labute approximate surface area is 172 Å². The molecule has 3 N–H and O–H groups in total. The molecule has 1 aromatic rings. The lowest BCUT2D eigenvalue weighted by molar-refractivity contribution is -0.0179. The largest absolute Gasteiger partial charge is 0.387 e. The van der Waals surface area contributed by atoms with Crippen LogP contribution in [0.25, 0.3) is 0 Å². The van der Waals surface area contributed by atoms with E-state index >= 15 is 0 Å². The van der Waals surface area contributed by atoms with E-state index < -0.39 is 5.60 Å². The lowest BCUT2D eigenvalue weighted by atomic mass is 10.1. The molecule has 0 saturated carbocycles. The normalized spacial score (nSPS) is 18.1. The number of hydrogen-bond donors (Lipinski definition) is 3. The predicted molar refractivity (Wildman–Crippen MR) is 110 cm³/mol. The molecule has 1 aromatic heterocycles. The Morgan fingerprint density at radius 3 is 2.69 bits per heavy atom. The number of halogens is 1. The van der Waals surface area contributed by atoms with Crippen molar-refractivity contribution in [3.05, 3.63) is 11.7 Å². The molecule has 9 nitrogen and oxygen atoms in total. The molecule has 10 heteroatoms. The summed E-state index contributed by atoms with van der Waals surface area (Å²) in [6.45, 7) is 11.0. The van der Waals surface area contributed by atoms with Crippen LogP contribution in [0.1, 0.15) is 25.6 Å². The van der Waals surface area contributed by atoms with E-state index in [0.717, 1.165) is 32.8 Å². The lowest BCUT2D eigenvalue weighted by Crippen LogP contribution is -2.48. The molecule has 2 heterocycles. The average molecular weight is 482 g/mol. The third kappa shape index (κ3) is 8.60. The van der Waals surface area contributed by atoms with Crippen LogP contribution < -0.4 is 10.6 Å². The van der Waals surface area contributed by atoms with Crippen molar-refractivity contribution in [1.29, 1.82) is 0 Å². The van der Waals surface area contributed by atoms with Gasteiger partial charge < -0.3 is 25.0 Å². The number of guanidine groups is 1. The van der Waals surface area contributed by atoms with Crippen LogP contribution in [0.4, 0.5) is 0 Å². The fraction of sp³-hybridized carbons (Fsp3) is 0.812. The summed E-state index contributed by atoms with van der Waals surface area (Å²) < 4.78 is 10.4. The molecule has 1 fully saturated rings. The highest BCUT2D eigenvalue weighted by atomic mass is 127. The van der Waals surface area contributed by atoms with Gasteiger partial charge in [-0.1, -0.05) is 5.16 Å². The van der Waals surface area contributed by atoms with E-state index in [1.54, 1.807) is 6.92 Å². The van der Waals surface area contributed by atoms with E-state index in [4.69, 9.17) is 9.26 Å². The van der Waals surface area contributed by atoms with E-state index in [0.29, 0.717) is 43.7 Å². The highest BCUT2D eigenvalue weighted by molar-refractivity contribution is 14.0. The van der Waals surface area contributed by atoms with Crippen LogP contribution in [-0.4, -0.2) is 84.2 Å². The molecule has 1 atom stereocenters. The zero-order valence-corrected chi connectivity index (χ0v) is 18.2. The highest BCUT2D eigenvalue weighted by Gasteiger charge is 2.25. The zero-order chi connectivity index (χ0) is 18.1. The second-order valence-electron chi connectivity index (χ2n) is 6.49. The SMILES string of the molecule is CCNC(=NCC(C)(O)CN1CCOCC1)NCCc1nc(C)no1.I. The van der Waals surface area contributed by atoms with Crippen molar-refractivity contribution in [2.45, 2.75) is 32.8 Å². The van der Waals surface area contributed by atoms with Crippen molar-refractivity contribution in [2.75, 3.05) is 52.5 Å². The van der Waals surface area contributed by atoms with Gasteiger partial charge in [-0.05, 0) is 20.8 Å². The van der Waals surface area contributed by atoms with Gasteiger partial charge in [0.2, 0.25) is 5.89 Å². The first-order valence-electron chi connectivity index (χ1n) is 8.82. The number of aliphatic hydroxyl groups is 1. The average Bonchev–Trinajstić information content (AvgIpc) is 2.98. The van der Waals surface area contributed by atoms with Crippen LogP contribution in [0.2, 0.25) is 0 Å². The number of β-amino-alcohol motifs (C(OH)–C–C–N with tert-alkyl or cyclic N) is 1. The molecule has 1 unspecified atom stereocenters. The number of rotatable bonds is 8. The maximum Gasteiger partial charge on any atom is 0.228 e. The smallest absolute Gasteiger partial charge is 0.228 e. The molecule has 2 rings (SSSR count). The van der Waals surface area contributed by atoms with E-state index in [9.17, 15) is 5.11 Å². The van der Waals surface area contributed by atoms with Crippen molar-refractivity contribution >= 4 is 29.9 Å². The Balaban J connectivity index is 0.00000338. The number of ether oxygens (including phenoxy) is 1. The van der Waals surface area contributed by atoms with Gasteiger partial charge in [0.05, 0.1) is 25.4 Å². The fourth-order valence-electron chi connectivity index (χ4n) is 2.61. The summed E-state index contributed by atoms with van der Waals surface area (Å²) in [5.74, 6) is 1.90. The molecule has 150 valence electrons. The first-order valence-corrected chi connectivity index (χ1v) is 8.82. The second kappa shape index (κ2) is 11.7. The van der Waals surface area contributed by atoms with Crippen LogP contribution in [0, 0.1) is 6.92 Å². The monoisotopic (exact) mass is 482 g/mol. The van der Waals surface area contributed by atoms with Crippen LogP contribution in [0.15, 0.2) is 9.52 Å². The van der Waals surface area contributed by atoms with Crippen LogP contribution in [-0.2, 0) is 11.2 Å². The van der Waals surface area contributed by atoms with Gasteiger partial charge in [-0.2, -0.15) is 4.98 Å². The lowest BCUT2D eigenvalue weighted by Gasteiger charge is -2.33. The molecule has 0 spiro atoms. The van der Waals surface area contributed by atoms with Crippen molar-refractivity contribution in [1.82, 2.24) is 25.7 Å². The molecule has 26 heavy (non-hydrogen) atoms. The summed E-state index contributed by atoms with van der Waals surface area (Å²) in [6, 6.07) is 0. The second-order valence-corrected chi connectivity index (χ2v) is 6.49. The number of aliphatic imine (C=N–C) groups is 1. The molecular formula is C16H31IN6O3. The van der Waals surface area contributed by atoms with E-state index in [1.165, 1.54) is 0 Å². The Morgan fingerprint density at radius 1 is 1.35 bits per heavy atom. The van der Waals surface area contributed by atoms with Crippen molar-refractivity contribution in [3.8, 4) is 0 Å². The summed E-state index contributed by atoms with van der Waals surface area (Å²) in [7, 11) is 0. The van der Waals surface area contributed by atoms with Crippen LogP contribution >= 0.6 is 24.0 Å². The van der Waals surface area contributed by atoms with Gasteiger partial charge in [0, 0.05) is 39.1 Å². The third-order valence-electron chi connectivity index (χ3n) is 3.79. The van der Waals surface area contributed by atoms with Gasteiger partial charge >= 0.3 is 0 Å². The summed E-state index contributed by atoms with van der Waals surface area (Å²) in [5.41, 5.74) is -0.886. The maximum absolute atomic E-state index is 10.6. The van der Waals surface area contributed by atoms with Gasteiger partial charge in [-0.25, -0.2) is 0 Å². The van der Waals surface area contributed by atoms with Crippen molar-refractivity contribution in [2.24, 2.45) is 4.99 Å². The zero-order valence-electron chi connectivity index (χ0n) is 15.8. The van der Waals surface area contributed by atoms with E-state index in [-0.39, 0.29) is 24.0 Å². The molecule has 1 saturated heterocycles. The molecule has 1 aliphatic heterocycles. The first-order chi connectivity index (χ1) is 12.0. The Morgan fingerprint density at radius 2 is 2.08 bits per heavy atom. The minimum absolute atomic E-state index is 0. The number of nitrogens with zero attached hydrogens (tertiary/aromatic N) is 4. The quantitative estimate of drug-likeness (QED) is 0.274. The fourth-order valence-corrected chi connectivity index (χ4v) is 2.61. The maximum atomic E-state index is 10.6. The van der Waals surface area contributed by atoms with Crippen LogP contribution in [0.3, 0.4) is 0 Å². The van der Waals surface area contributed by atoms with E-state index in [2.05, 4.69) is 30.7 Å². The molecule has 0 aliphatic carbocycles. The summed E-state index contributed by atoms with van der Waals surface area (Å²) in [4.78, 5) is 10.9. The molecule has 0 aromatic carbocycles. The number of morpholine rings is 1. The van der Waals surface area contributed by atoms with Gasteiger partial charge in [0.15, 0.2) is 11.8 Å². The molecule has 1 aliphatic rings. The molecule has 0 amide bonds. The summed E-state index contributed by atoms with van der Waals surface area (Å²) in [5, 5.41) is 20.8. The Kier molecular flexibility index (Phi) is 10.4. The van der Waals surface area contributed by atoms with Gasteiger partial charge in [0.25, 0.3) is 0 Å². The molecule has 0 bridgehead atoms. The summed E-state index contributed by atoms with van der Waals surface area (Å²) >= 11 is 0. The van der Waals surface area contributed by atoms with Gasteiger partial charge in [0.1, 0.15) is 0 Å². The minimum Gasteiger partial charge on any atom is -0.387 e. The highest BCUT2D eigenvalue weighted by Crippen LogP contribution is 2.09. The standard InChI is InChI=1S/C16H30N6O3.HI/c1-4-17-15(18-6-5-14-20-13(2)21-25-14)19-11-16(3,23)12-22-7-9-24-10-8-22;/h23H,4-12H2,1-3H3,(H2,17,18,19);1H. The Bertz CT molecular complexity index is 546. The van der Waals surface area contributed by atoms with Gasteiger partial charge in [-0.15, -0.1) is 24.0 Å². The number of aromatic nitrogens is 2. The van der Waals surface area contributed by atoms with E-state index in [1.807, 2.05) is 13.8 Å². The topological polar surface area (TPSA) is 108 Å². The number of nitrogens with one attached hydrogen (secondary N) is 2. The first kappa shape index (κ1) is 23.1. The number of aryl methyl sites for hydroxylation is 1. The number of hydrogen-bond acceptors (Lipinski definition) is 7. The third-order valence-corrected chi connectivity index (χ3v) is 3.79. The minimum atomic E-state index is -0.886. The summed E-state index contributed by atoms with van der Waals surface area (Å²) in [6.07, 6.45) is 0.620. The molecular weight excluding hydrogens is 451 g/mol. The van der Waals surface area contributed by atoms with Crippen molar-refractivity contribution in [3.63, 3.8) is 0 Å². The van der Waals surface area contributed by atoms with Gasteiger partial charge in [-0.3, -0.25) is 9.89 Å². The Hall–Kier alpha value is -0.980. The van der Waals surface area contributed by atoms with Crippen LogP contribution in [0.5, 0.6) is 0 Å². The van der Waals surface area contributed by atoms with Crippen molar-refractivity contribution < 1.29 is 14.4 Å².